The molecule has 67 heavy (non-hydrogen) atoms. The number of hydrogen-bond acceptors (Lipinski definition) is 19. The van der Waals surface area contributed by atoms with Crippen LogP contribution in [0.25, 0.3) is 11.2 Å². The van der Waals surface area contributed by atoms with Crippen molar-refractivity contribution in [1.29, 1.82) is 0 Å². The van der Waals surface area contributed by atoms with Crippen LogP contribution in [0.5, 0.6) is 0 Å². The van der Waals surface area contributed by atoms with Crippen LogP contribution in [0.3, 0.4) is 0 Å². The molecule has 0 saturated carbocycles. The summed E-state index contributed by atoms with van der Waals surface area (Å²) in [5, 5.41) is 26.6. The smallest absolute Gasteiger partial charge is 0.466 e. The maximum Gasteiger partial charge on any atom is 0.481 e. The minimum absolute atomic E-state index is 0.0308. The highest BCUT2D eigenvalue weighted by molar-refractivity contribution is 8.13. The highest BCUT2D eigenvalue weighted by Gasteiger charge is 2.50. The van der Waals surface area contributed by atoms with Crippen molar-refractivity contribution in [3.63, 3.8) is 0 Å². The second-order valence-corrected chi connectivity index (χ2v) is 21.9. The van der Waals surface area contributed by atoms with E-state index in [-0.39, 0.29) is 41.6 Å². The van der Waals surface area contributed by atoms with Gasteiger partial charge in [-0.25, -0.2) is 28.6 Å². The van der Waals surface area contributed by atoms with Crippen LogP contribution >= 0.6 is 35.2 Å². The minimum atomic E-state index is -5.58. The minimum Gasteiger partial charge on any atom is -0.466 e. The van der Waals surface area contributed by atoms with Gasteiger partial charge in [-0.1, -0.05) is 58.2 Å². The lowest BCUT2D eigenvalue weighted by molar-refractivity contribution is -0.137. The summed E-state index contributed by atoms with van der Waals surface area (Å²) in [7, 11) is -16.4. The summed E-state index contributed by atoms with van der Waals surface area (Å²) in [6.45, 7) is 4.77. The van der Waals surface area contributed by atoms with Crippen LogP contribution in [-0.2, 0) is 63.5 Å². The average molecular weight is 1030 g/mol. The molecule has 7 unspecified atom stereocenters. The Bertz CT molecular complexity index is 2260. The molecule has 3 aromatic rings. The summed E-state index contributed by atoms with van der Waals surface area (Å²) >= 11 is 1.13. The summed E-state index contributed by atoms with van der Waals surface area (Å²) in [6.07, 6.45) is 2.53. The van der Waals surface area contributed by atoms with Gasteiger partial charge in [0.1, 0.15) is 47.8 Å². The lowest BCUT2D eigenvalue weighted by atomic mass is 9.87. The third-order valence-corrected chi connectivity index (χ3v) is 14.4. The third-order valence-electron chi connectivity index (χ3n) is 10.4. The molecule has 0 spiro atoms. The van der Waals surface area contributed by atoms with Crippen molar-refractivity contribution < 1.29 is 84.9 Å². The van der Waals surface area contributed by atoms with Crippen molar-refractivity contribution in [3.8, 4) is 0 Å². The number of ether oxygens (including phenoxy) is 1. The number of nitrogens with two attached hydrogens (primary N) is 1. The molecule has 0 aromatic carbocycles. The van der Waals surface area contributed by atoms with E-state index in [1.807, 2.05) is 0 Å². The predicted octanol–water partition coefficient (Wildman–Crippen LogP) is 3.49. The second kappa shape index (κ2) is 25.6. The Labute approximate surface area is 391 Å². The summed E-state index contributed by atoms with van der Waals surface area (Å²) in [5.74, 6) is 1.02. The summed E-state index contributed by atoms with van der Waals surface area (Å²) in [5.41, 5.74) is 5.46. The van der Waals surface area contributed by atoms with Gasteiger partial charge in [0.2, 0.25) is 11.8 Å². The van der Waals surface area contributed by atoms with Gasteiger partial charge < -0.3 is 55.3 Å². The number of aromatic nitrogens is 4. The van der Waals surface area contributed by atoms with E-state index in [1.54, 1.807) is 0 Å². The Morgan fingerprint density at radius 2 is 1.66 bits per heavy atom. The van der Waals surface area contributed by atoms with Crippen molar-refractivity contribution in [1.82, 2.24) is 30.2 Å². The summed E-state index contributed by atoms with van der Waals surface area (Å²) in [4.78, 5) is 88.5. The summed E-state index contributed by atoms with van der Waals surface area (Å²) in [6, 6.07) is 2.13. The number of phosphoric acid groups is 3. The first-order valence-electron chi connectivity index (χ1n) is 21.5. The van der Waals surface area contributed by atoms with Gasteiger partial charge in [0.25, 0.3) is 0 Å². The molecular formula is C38H62N7O18P3S. The number of nitrogens with zero attached hydrogens (tertiary/aromatic N) is 4. The molecule has 1 fully saturated rings. The zero-order valence-electron chi connectivity index (χ0n) is 37.6. The number of imidazole rings is 1. The quantitative estimate of drug-likeness (QED) is 0.0341. The average Bonchev–Trinajstić information content (AvgIpc) is 3.92. The first-order valence-corrected chi connectivity index (χ1v) is 27.1. The first-order chi connectivity index (χ1) is 31.4. The van der Waals surface area contributed by atoms with Crippen LogP contribution in [0.2, 0.25) is 0 Å². The molecule has 2 amide bonds. The number of aliphatic hydroxyl groups is 2. The van der Waals surface area contributed by atoms with Gasteiger partial charge in [-0.05, 0) is 37.8 Å². The van der Waals surface area contributed by atoms with E-state index in [2.05, 4.69) is 54.3 Å². The lowest BCUT2D eigenvalue weighted by Gasteiger charge is -2.30. The van der Waals surface area contributed by atoms with E-state index in [9.17, 15) is 57.9 Å². The Balaban J connectivity index is 1.11. The van der Waals surface area contributed by atoms with Crippen LogP contribution in [0, 0.1) is 12.3 Å². The molecular weight excluding hydrogens is 967 g/mol. The van der Waals surface area contributed by atoms with E-state index < -0.39 is 84.6 Å². The van der Waals surface area contributed by atoms with Gasteiger partial charge in [-0.2, -0.15) is 4.31 Å². The number of anilines is 1. The van der Waals surface area contributed by atoms with E-state index >= 15 is 0 Å². The molecule has 4 rings (SSSR count). The molecule has 29 heteroatoms. The van der Waals surface area contributed by atoms with Gasteiger partial charge in [0.15, 0.2) is 22.8 Å². The standard InChI is InChI=1S/C38H62N7O18P3S/c1-5-6-9-12-25-19-24(2)26(60-25)13-10-7-8-11-14-29(47)67-18-17-40-28(46)15-16-41-36(50)33(49)38(3,4)21-59-66(56,57)63-65(54,55)58-20-27-32(62-64(51,52)53)31(48)37(61-27)45-23-44-30-34(39)42-22-43-35(30)45/h19,22-23,27,31-33,37,48-49H,5-18,20-21H2,1-4H3,(H,40,46)(H,41,50)(H,54,55)(H,56,57)(H2,39,42,43)(H2,51,52,53). The molecule has 10 N–H and O–H groups in total. The van der Waals surface area contributed by atoms with E-state index in [0.717, 1.165) is 85.4 Å². The zero-order chi connectivity index (χ0) is 49.6. The number of phosphoric ester groups is 3. The molecule has 3 aromatic heterocycles. The number of aryl methyl sites for hydroxylation is 3. The number of fused-ring (bicyclic) bond motifs is 1. The van der Waals surface area contributed by atoms with Crippen LogP contribution in [0.1, 0.15) is 102 Å². The molecule has 4 heterocycles. The Kier molecular flexibility index (Phi) is 21.6. The molecule has 378 valence electrons. The van der Waals surface area contributed by atoms with E-state index in [4.69, 9.17) is 23.9 Å². The maximum atomic E-state index is 12.7. The normalized spacial score (nSPS) is 20.1. The molecule has 1 aliphatic heterocycles. The SMILES string of the molecule is CCCCCc1cc(C)c(CCCCCCC(=O)SCCNC(=O)CCNC(=O)C(O)C(C)(C)COP(=O)(O)OP(=O)(O)OCC2OC(n3cnc4c(N)ncnc43)C(O)C2OP(=O)(O)O)o1. The Morgan fingerprint density at radius 1 is 0.955 bits per heavy atom. The molecule has 25 nitrogen and oxygen atoms in total. The van der Waals surface area contributed by atoms with E-state index in [1.165, 1.54) is 32.3 Å². The molecule has 1 aliphatic rings. The number of unbranched alkanes of at least 4 members (excludes halogenated alkanes) is 5. The first kappa shape index (κ1) is 56.4. The van der Waals surface area contributed by atoms with Crippen molar-refractivity contribution in [2.75, 3.05) is 37.8 Å². The monoisotopic (exact) mass is 1030 g/mol. The number of carbonyl (C=O) groups is 3. The van der Waals surface area contributed by atoms with Crippen LogP contribution in [-0.4, -0.2) is 123 Å². The number of thioether (sulfide) groups is 1. The van der Waals surface area contributed by atoms with Gasteiger partial charge in [-0.3, -0.25) is 32.5 Å². The molecule has 1 saturated heterocycles. The number of nitrogen functional groups attached to an aromatic ring is 1. The molecule has 0 aliphatic carbocycles. The maximum absolute atomic E-state index is 12.7. The number of furan rings is 1. The van der Waals surface area contributed by atoms with Gasteiger partial charge >= 0.3 is 23.5 Å². The van der Waals surface area contributed by atoms with Crippen molar-refractivity contribution in [2.24, 2.45) is 5.41 Å². The number of amides is 2. The fourth-order valence-corrected chi connectivity index (χ4v) is 10.3. The topological polar surface area (TPSA) is 377 Å². The van der Waals surface area contributed by atoms with E-state index in [0.29, 0.717) is 12.2 Å². The second-order valence-electron chi connectivity index (χ2n) is 16.5. The lowest BCUT2D eigenvalue weighted by Crippen LogP contribution is -2.46. The largest absolute Gasteiger partial charge is 0.481 e. The highest BCUT2D eigenvalue weighted by Crippen LogP contribution is 2.61. The highest BCUT2D eigenvalue weighted by atomic mass is 32.2. The van der Waals surface area contributed by atoms with Crippen LogP contribution < -0.4 is 16.4 Å². The molecule has 0 radical (unpaired) electrons. The van der Waals surface area contributed by atoms with Gasteiger partial charge in [-0.15, -0.1) is 0 Å². The third kappa shape index (κ3) is 18.3. The fraction of sp³-hybridized carbons (Fsp3) is 0.684. The predicted molar refractivity (Wildman–Crippen MR) is 241 cm³/mol. The van der Waals surface area contributed by atoms with Gasteiger partial charge in [0, 0.05) is 49.9 Å². The number of aliphatic hydroxyl groups excluding tert-OH is 2. The molecule has 0 bridgehead atoms. The van der Waals surface area contributed by atoms with Crippen molar-refractivity contribution in [3.05, 3.63) is 35.8 Å². The van der Waals surface area contributed by atoms with Crippen LogP contribution in [0.4, 0.5) is 5.82 Å². The zero-order valence-corrected chi connectivity index (χ0v) is 41.1. The van der Waals surface area contributed by atoms with Crippen LogP contribution in [0.15, 0.2) is 23.1 Å². The Morgan fingerprint density at radius 3 is 2.37 bits per heavy atom. The van der Waals surface area contributed by atoms with Crippen molar-refractivity contribution >= 4 is 69.1 Å². The van der Waals surface area contributed by atoms with Gasteiger partial charge in [0.05, 0.1) is 19.5 Å². The number of rotatable bonds is 30. The number of nitrogens with one attached hydrogen (secondary N) is 2. The number of hydrogen-bond donors (Lipinski definition) is 9. The summed E-state index contributed by atoms with van der Waals surface area (Å²) < 4.78 is 68.5. The van der Waals surface area contributed by atoms with Crippen molar-refractivity contribution in [2.45, 2.75) is 129 Å². The Hall–Kier alpha value is -3.16. The fourth-order valence-electron chi connectivity index (χ4n) is 6.79. The molecule has 7 atom stereocenters. The number of carbonyl (C=O) groups excluding carboxylic acids is 3.